The molecule has 0 bridgehead atoms. The number of anilines is 1. The van der Waals surface area contributed by atoms with Crippen LogP contribution in [0.3, 0.4) is 0 Å². The second-order valence-corrected chi connectivity index (χ2v) is 5.85. The zero-order valence-corrected chi connectivity index (χ0v) is 13.9. The third-order valence-corrected chi connectivity index (χ3v) is 4.12. The SMILES string of the molecule is Cc1ccc(C(=O)c2ccc3ccccc3c2NC(=O)CCl)cc1. The molecule has 3 aromatic carbocycles. The van der Waals surface area contributed by atoms with Crippen molar-refractivity contribution < 1.29 is 9.59 Å². The van der Waals surface area contributed by atoms with E-state index in [9.17, 15) is 9.59 Å². The number of carbonyl (C=O) groups excluding carboxylic acids is 2. The van der Waals surface area contributed by atoms with Crippen LogP contribution >= 0.6 is 11.6 Å². The molecule has 0 saturated heterocycles. The molecule has 120 valence electrons. The van der Waals surface area contributed by atoms with Gasteiger partial charge in [-0.2, -0.15) is 0 Å². The summed E-state index contributed by atoms with van der Waals surface area (Å²) in [6, 6.07) is 18.6. The minimum Gasteiger partial charge on any atom is -0.324 e. The Balaban J connectivity index is 2.15. The maximum atomic E-state index is 12.9. The predicted molar refractivity (Wildman–Crippen MR) is 97.9 cm³/mol. The number of benzene rings is 3. The summed E-state index contributed by atoms with van der Waals surface area (Å²) in [4.78, 5) is 24.7. The van der Waals surface area contributed by atoms with Crippen molar-refractivity contribution in [2.45, 2.75) is 6.92 Å². The lowest BCUT2D eigenvalue weighted by atomic mass is 9.97. The molecule has 24 heavy (non-hydrogen) atoms. The first kappa shape index (κ1) is 16.2. The molecule has 0 saturated carbocycles. The Morgan fingerprint density at radius 1 is 0.958 bits per heavy atom. The van der Waals surface area contributed by atoms with Crippen molar-refractivity contribution in [2.75, 3.05) is 11.2 Å². The highest BCUT2D eigenvalue weighted by Gasteiger charge is 2.17. The van der Waals surface area contributed by atoms with Gasteiger partial charge in [0.05, 0.1) is 5.69 Å². The Bertz CT molecular complexity index is 917. The lowest BCUT2D eigenvalue weighted by Crippen LogP contribution is -2.16. The third kappa shape index (κ3) is 3.17. The zero-order chi connectivity index (χ0) is 17.1. The van der Waals surface area contributed by atoms with Crippen LogP contribution in [-0.2, 0) is 4.79 Å². The summed E-state index contributed by atoms with van der Waals surface area (Å²) in [7, 11) is 0. The smallest absolute Gasteiger partial charge is 0.239 e. The normalized spacial score (nSPS) is 10.6. The average Bonchev–Trinajstić information content (AvgIpc) is 2.62. The molecule has 0 aromatic heterocycles. The van der Waals surface area contributed by atoms with E-state index in [0.717, 1.165) is 16.3 Å². The van der Waals surface area contributed by atoms with Crippen LogP contribution in [0.5, 0.6) is 0 Å². The van der Waals surface area contributed by atoms with Crippen molar-refractivity contribution >= 4 is 39.8 Å². The van der Waals surface area contributed by atoms with E-state index in [2.05, 4.69) is 5.32 Å². The lowest BCUT2D eigenvalue weighted by Gasteiger charge is -2.13. The second kappa shape index (κ2) is 6.85. The molecular formula is C20H16ClNO2. The molecule has 0 unspecified atom stereocenters. The molecule has 4 heteroatoms. The molecule has 0 fully saturated rings. The van der Waals surface area contributed by atoms with Crippen molar-refractivity contribution in [2.24, 2.45) is 0 Å². The first-order valence-electron chi connectivity index (χ1n) is 7.59. The average molecular weight is 338 g/mol. The molecule has 1 N–H and O–H groups in total. The Kier molecular flexibility index (Phi) is 4.63. The van der Waals surface area contributed by atoms with Crippen LogP contribution in [0.1, 0.15) is 21.5 Å². The number of alkyl halides is 1. The van der Waals surface area contributed by atoms with E-state index in [0.29, 0.717) is 16.8 Å². The summed E-state index contributed by atoms with van der Waals surface area (Å²) in [5.41, 5.74) is 2.62. The molecule has 1 amide bonds. The molecule has 0 spiro atoms. The summed E-state index contributed by atoms with van der Waals surface area (Å²) in [6.45, 7) is 1.97. The Labute approximate surface area is 145 Å². The van der Waals surface area contributed by atoms with E-state index in [1.807, 2.05) is 49.4 Å². The number of carbonyl (C=O) groups is 2. The molecule has 3 nitrogen and oxygen atoms in total. The maximum Gasteiger partial charge on any atom is 0.239 e. The minimum atomic E-state index is -0.342. The Hall–Kier alpha value is -2.65. The van der Waals surface area contributed by atoms with Gasteiger partial charge >= 0.3 is 0 Å². The van der Waals surface area contributed by atoms with Gasteiger partial charge < -0.3 is 5.32 Å². The first-order valence-corrected chi connectivity index (χ1v) is 8.12. The largest absolute Gasteiger partial charge is 0.324 e. The summed E-state index contributed by atoms with van der Waals surface area (Å²) < 4.78 is 0. The number of fused-ring (bicyclic) bond motifs is 1. The van der Waals surface area contributed by atoms with Crippen LogP contribution in [0.15, 0.2) is 60.7 Å². The summed E-state index contributed by atoms with van der Waals surface area (Å²) in [5, 5.41) is 4.53. The van der Waals surface area contributed by atoms with Crippen molar-refractivity contribution in [3.05, 3.63) is 77.4 Å². The zero-order valence-electron chi connectivity index (χ0n) is 13.2. The van der Waals surface area contributed by atoms with E-state index in [1.54, 1.807) is 18.2 Å². The van der Waals surface area contributed by atoms with Crippen LogP contribution in [-0.4, -0.2) is 17.6 Å². The van der Waals surface area contributed by atoms with E-state index >= 15 is 0 Å². The monoisotopic (exact) mass is 337 g/mol. The van der Waals surface area contributed by atoms with Crippen molar-refractivity contribution in [3.8, 4) is 0 Å². The van der Waals surface area contributed by atoms with Crippen molar-refractivity contribution in [1.29, 1.82) is 0 Å². The van der Waals surface area contributed by atoms with Gasteiger partial charge in [-0.25, -0.2) is 0 Å². The number of rotatable bonds is 4. The Morgan fingerprint density at radius 3 is 2.38 bits per heavy atom. The van der Waals surface area contributed by atoms with Gasteiger partial charge in [-0.1, -0.05) is 60.2 Å². The van der Waals surface area contributed by atoms with Gasteiger partial charge in [0.25, 0.3) is 0 Å². The van der Waals surface area contributed by atoms with Crippen molar-refractivity contribution in [1.82, 2.24) is 0 Å². The van der Waals surface area contributed by atoms with Crippen LogP contribution < -0.4 is 5.32 Å². The molecule has 0 atom stereocenters. The van der Waals surface area contributed by atoms with Crippen LogP contribution in [0.2, 0.25) is 0 Å². The van der Waals surface area contributed by atoms with E-state index in [4.69, 9.17) is 11.6 Å². The van der Waals surface area contributed by atoms with Crippen LogP contribution in [0.25, 0.3) is 10.8 Å². The van der Waals surface area contributed by atoms with Crippen molar-refractivity contribution in [3.63, 3.8) is 0 Å². The molecule has 0 aliphatic carbocycles. The van der Waals surface area contributed by atoms with Crippen LogP contribution in [0, 0.1) is 6.92 Å². The van der Waals surface area contributed by atoms with Gasteiger partial charge in [-0.15, -0.1) is 11.6 Å². The topological polar surface area (TPSA) is 46.2 Å². The number of ketones is 1. The fraction of sp³-hybridized carbons (Fsp3) is 0.100. The third-order valence-electron chi connectivity index (χ3n) is 3.87. The van der Waals surface area contributed by atoms with Gasteiger partial charge in [0.1, 0.15) is 5.88 Å². The van der Waals surface area contributed by atoms with Gasteiger partial charge in [0.15, 0.2) is 5.78 Å². The molecule has 0 radical (unpaired) electrons. The second-order valence-electron chi connectivity index (χ2n) is 5.59. The molecule has 3 aromatic rings. The minimum absolute atomic E-state index is 0.134. The fourth-order valence-corrected chi connectivity index (χ4v) is 2.70. The highest BCUT2D eigenvalue weighted by molar-refractivity contribution is 6.30. The van der Waals surface area contributed by atoms with Gasteiger partial charge in [0.2, 0.25) is 5.91 Å². The number of hydrogen-bond donors (Lipinski definition) is 1. The van der Waals surface area contributed by atoms with Gasteiger partial charge in [-0.05, 0) is 18.4 Å². The van der Waals surface area contributed by atoms with Crippen LogP contribution in [0.4, 0.5) is 5.69 Å². The molecule has 0 heterocycles. The molecule has 0 aliphatic rings. The quantitative estimate of drug-likeness (QED) is 0.560. The molecular weight excluding hydrogens is 322 g/mol. The predicted octanol–water partition coefficient (Wildman–Crippen LogP) is 4.56. The highest BCUT2D eigenvalue weighted by Crippen LogP contribution is 2.29. The van der Waals surface area contributed by atoms with E-state index in [1.165, 1.54) is 0 Å². The highest BCUT2D eigenvalue weighted by atomic mass is 35.5. The summed E-state index contributed by atoms with van der Waals surface area (Å²) in [6.07, 6.45) is 0. The molecule has 0 aliphatic heterocycles. The number of aryl methyl sites for hydroxylation is 1. The van der Waals surface area contributed by atoms with Gasteiger partial charge in [0, 0.05) is 16.5 Å². The number of halogens is 1. The fourth-order valence-electron chi connectivity index (χ4n) is 2.63. The van der Waals surface area contributed by atoms with E-state index < -0.39 is 0 Å². The first-order chi connectivity index (χ1) is 11.6. The summed E-state index contributed by atoms with van der Waals surface area (Å²) in [5.74, 6) is -0.641. The van der Waals surface area contributed by atoms with E-state index in [-0.39, 0.29) is 17.6 Å². The standard InChI is InChI=1S/C20H16ClNO2/c1-13-6-8-15(9-7-13)20(24)17-11-10-14-4-2-3-5-16(14)19(17)22-18(23)12-21/h2-11H,12H2,1H3,(H,22,23). The lowest BCUT2D eigenvalue weighted by molar-refractivity contribution is -0.113. The number of hydrogen-bond acceptors (Lipinski definition) is 2. The molecule has 3 rings (SSSR count). The Morgan fingerprint density at radius 2 is 1.67 bits per heavy atom. The number of amides is 1. The maximum absolute atomic E-state index is 12.9. The summed E-state index contributed by atoms with van der Waals surface area (Å²) >= 11 is 5.62. The number of nitrogens with one attached hydrogen (secondary N) is 1. The van der Waals surface area contributed by atoms with Gasteiger partial charge in [-0.3, -0.25) is 9.59 Å².